The molecule has 2 saturated carbocycles. The van der Waals surface area contributed by atoms with Crippen LogP contribution in [0.15, 0.2) is 24.0 Å². The first-order valence-corrected chi connectivity index (χ1v) is 10.8. The van der Waals surface area contributed by atoms with Gasteiger partial charge in [-0.15, -0.1) is 0 Å². The summed E-state index contributed by atoms with van der Waals surface area (Å²) in [6.45, 7) is 3.58. The third-order valence-corrected chi connectivity index (χ3v) is 7.87. The first-order chi connectivity index (χ1) is 14.2. The molecule has 0 spiro atoms. The van der Waals surface area contributed by atoms with Crippen LogP contribution in [0.2, 0.25) is 0 Å². The van der Waals surface area contributed by atoms with E-state index in [1.807, 2.05) is 12.1 Å². The Bertz CT molecular complexity index is 871. The third kappa shape index (κ3) is 3.55. The highest BCUT2D eigenvalue weighted by Gasteiger charge is 2.54. The van der Waals surface area contributed by atoms with Gasteiger partial charge in [-0.1, -0.05) is 6.92 Å². The molecular weight excluding hydrogens is 389 g/mol. The fourth-order valence-electron chi connectivity index (χ4n) is 6.37. The van der Waals surface area contributed by atoms with Crippen LogP contribution in [-0.2, 0) is 11.1 Å². The highest BCUT2D eigenvalue weighted by Crippen LogP contribution is 2.61. The van der Waals surface area contributed by atoms with Gasteiger partial charge in [-0.3, -0.25) is 4.79 Å². The first kappa shape index (κ1) is 21.4. The van der Waals surface area contributed by atoms with Crippen molar-refractivity contribution in [1.29, 1.82) is 0 Å². The number of ketones is 1. The van der Waals surface area contributed by atoms with Crippen molar-refractivity contribution in [2.24, 2.45) is 17.3 Å². The van der Waals surface area contributed by atoms with Crippen LogP contribution in [0.1, 0.15) is 73.4 Å². The summed E-state index contributed by atoms with van der Waals surface area (Å²) in [6.07, 6.45) is 6.79. The number of hydrogen-bond donors (Lipinski definition) is 1. The van der Waals surface area contributed by atoms with Gasteiger partial charge in [-0.2, -0.15) is 0 Å². The SMILES string of the molecule is COc1cc2c(cc1C(=O)/C=C(\C)OB(F)F)C1CCC3(C)C(O)CCC3C1CC2. The quantitative estimate of drug-likeness (QED) is 0.319. The molecule has 4 rings (SSSR count). The summed E-state index contributed by atoms with van der Waals surface area (Å²) in [4.78, 5) is 12.8. The lowest BCUT2D eigenvalue weighted by atomic mass is 9.55. The van der Waals surface area contributed by atoms with E-state index in [0.29, 0.717) is 29.1 Å². The summed E-state index contributed by atoms with van der Waals surface area (Å²) in [6, 6.07) is 3.85. The largest absolute Gasteiger partial charge is 0.796 e. The number of carbonyl (C=O) groups excluding carboxylic acids is 1. The van der Waals surface area contributed by atoms with Crippen LogP contribution < -0.4 is 4.74 Å². The average molecular weight is 418 g/mol. The van der Waals surface area contributed by atoms with Crippen molar-refractivity contribution < 1.29 is 27.9 Å². The molecule has 0 heterocycles. The van der Waals surface area contributed by atoms with E-state index >= 15 is 0 Å². The highest BCUT2D eigenvalue weighted by atomic mass is 19.2. The van der Waals surface area contributed by atoms with Gasteiger partial charge in [0.15, 0.2) is 5.78 Å². The lowest BCUT2D eigenvalue weighted by molar-refractivity contribution is -0.0226. The molecule has 0 radical (unpaired) electrons. The molecule has 4 nitrogen and oxygen atoms in total. The average Bonchev–Trinajstić information content (AvgIpc) is 3.00. The number of methoxy groups -OCH3 is 1. The van der Waals surface area contributed by atoms with Gasteiger partial charge in [0, 0.05) is 6.08 Å². The number of aliphatic hydroxyl groups excluding tert-OH is 1. The zero-order chi connectivity index (χ0) is 21.6. The third-order valence-electron chi connectivity index (χ3n) is 7.87. The van der Waals surface area contributed by atoms with E-state index < -0.39 is 13.3 Å². The van der Waals surface area contributed by atoms with Crippen molar-refractivity contribution in [3.8, 4) is 5.75 Å². The summed E-state index contributed by atoms with van der Waals surface area (Å²) in [5, 5.41) is 10.6. The fourth-order valence-corrected chi connectivity index (χ4v) is 6.37. The highest BCUT2D eigenvalue weighted by molar-refractivity contribution is 6.34. The van der Waals surface area contributed by atoms with E-state index in [1.54, 1.807) is 0 Å². The maximum absolute atomic E-state index is 12.8. The van der Waals surface area contributed by atoms with E-state index in [1.165, 1.54) is 25.2 Å². The first-order valence-electron chi connectivity index (χ1n) is 10.8. The number of ether oxygens (including phenoxy) is 1. The Morgan fingerprint density at radius 1 is 1.27 bits per heavy atom. The Morgan fingerprint density at radius 2 is 2.03 bits per heavy atom. The van der Waals surface area contributed by atoms with Crippen LogP contribution in [0.5, 0.6) is 5.75 Å². The molecule has 1 N–H and O–H groups in total. The number of benzene rings is 1. The molecule has 0 aromatic heterocycles. The number of aryl methyl sites for hydroxylation is 1. The molecule has 0 aliphatic heterocycles. The van der Waals surface area contributed by atoms with E-state index in [4.69, 9.17) is 4.74 Å². The lowest BCUT2D eigenvalue weighted by Gasteiger charge is -2.50. The number of hydrogen-bond acceptors (Lipinski definition) is 4. The zero-order valence-electron chi connectivity index (χ0n) is 17.8. The molecule has 7 heteroatoms. The molecule has 30 heavy (non-hydrogen) atoms. The summed E-state index contributed by atoms with van der Waals surface area (Å²) in [5.41, 5.74) is 2.76. The molecule has 5 unspecified atom stereocenters. The number of carbonyl (C=O) groups is 1. The topological polar surface area (TPSA) is 55.8 Å². The minimum absolute atomic E-state index is 0.00372. The summed E-state index contributed by atoms with van der Waals surface area (Å²) >= 11 is 0. The lowest BCUT2D eigenvalue weighted by Crippen LogP contribution is -2.44. The van der Waals surface area contributed by atoms with Gasteiger partial charge >= 0.3 is 7.47 Å². The summed E-state index contributed by atoms with van der Waals surface area (Å²) in [5.74, 6) is 1.31. The molecule has 0 saturated heterocycles. The van der Waals surface area contributed by atoms with Crippen LogP contribution in [0, 0.1) is 17.3 Å². The Labute approximate surface area is 176 Å². The van der Waals surface area contributed by atoms with Gasteiger partial charge in [0.1, 0.15) is 5.75 Å². The van der Waals surface area contributed by atoms with Crippen molar-refractivity contribution in [1.82, 2.24) is 0 Å². The fraction of sp³-hybridized carbons (Fsp3) is 0.609. The number of rotatable bonds is 5. The van der Waals surface area contributed by atoms with Gasteiger partial charge in [0.25, 0.3) is 0 Å². The van der Waals surface area contributed by atoms with E-state index in [2.05, 4.69) is 11.6 Å². The number of halogens is 2. The normalized spacial score (nSPS) is 32.7. The maximum atomic E-state index is 12.8. The van der Waals surface area contributed by atoms with Gasteiger partial charge in [0.05, 0.1) is 24.5 Å². The Kier molecular flexibility index (Phi) is 5.68. The minimum Gasteiger partial charge on any atom is -0.509 e. The molecule has 0 amide bonds. The number of allylic oxidation sites excluding steroid dienone is 2. The standard InChI is InChI=1S/C23H29BF2O4/c1-13(30-24(25)26)10-20(27)18-12-17-14(11-21(18)29-3)4-5-16-15(17)8-9-23(2)19(16)6-7-22(23)28/h10-12,15-16,19,22,28H,4-9H2,1-3H3/b13-10+. The molecule has 1 aromatic carbocycles. The molecule has 3 aliphatic carbocycles. The molecule has 0 bridgehead atoms. The molecule has 2 fully saturated rings. The van der Waals surface area contributed by atoms with Crippen molar-refractivity contribution in [3.05, 3.63) is 40.7 Å². The Morgan fingerprint density at radius 3 is 2.73 bits per heavy atom. The van der Waals surface area contributed by atoms with E-state index in [-0.39, 0.29) is 17.3 Å². The van der Waals surface area contributed by atoms with Crippen LogP contribution in [0.4, 0.5) is 8.63 Å². The molecule has 162 valence electrons. The molecule has 1 aromatic rings. The van der Waals surface area contributed by atoms with Crippen LogP contribution in [0.25, 0.3) is 0 Å². The van der Waals surface area contributed by atoms with E-state index in [0.717, 1.165) is 44.6 Å². The second-order valence-electron chi connectivity index (χ2n) is 9.30. The predicted octanol–water partition coefficient (Wildman–Crippen LogP) is 4.94. The second-order valence-corrected chi connectivity index (χ2v) is 9.30. The predicted molar refractivity (Wildman–Crippen MR) is 111 cm³/mol. The van der Waals surface area contributed by atoms with Crippen LogP contribution in [-0.4, -0.2) is 31.6 Å². The number of fused-ring (bicyclic) bond motifs is 5. The maximum Gasteiger partial charge on any atom is 0.796 e. The van der Waals surface area contributed by atoms with Crippen LogP contribution in [0.3, 0.4) is 0 Å². The monoisotopic (exact) mass is 418 g/mol. The Balaban J connectivity index is 1.68. The zero-order valence-corrected chi connectivity index (χ0v) is 17.8. The van der Waals surface area contributed by atoms with E-state index in [9.17, 15) is 18.5 Å². The second kappa shape index (κ2) is 7.99. The van der Waals surface area contributed by atoms with Gasteiger partial charge in [0.2, 0.25) is 0 Å². The minimum atomic E-state index is -2.96. The number of aliphatic hydroxyl groups is 1. The summed E-state index contributed by atoms with van der Waals surface area (Å²) in [7, 11) is -1.44. The smallest absolute Gasteiger partial charge is 0.509 e. The molecule has 5 atom stereocenters. The van der Waals surface area contributed by atoms with Crippen LogP contribution >= 0.6 is 0 Å². The van der Waals surface area contributed by atoms with Gasteiger partial charge < -0.3 is 14.5 Å². The van der Waals surface area contributed by atoms with Crippen molar-refractivity contribution in [3.63, 3.8) is 0 Å². The van der Waals surface area contributed by atoms with Crippen molar-refractivity contribution in [2.75, 3.05) is 7.11 Å². The van der Waals surface area contributed by atoms with Gasteiger partial charge in [-0.05, 0) is 91.9 Å². The summed E-state index contributed by atoms with van der Waals surface area (Å²) < 4.78 is 34.7. The molecular formula is C23H29BF2O4. The Hall–Kier alpha value is -1.89. The van der Waals surface area contributed by atoms with Gasteiger partial charge in [-0.25, -0.2) is 8.63 Å². The van der Waals surface area contributed by atoms with Crippen molar-refractivity contribution in [2.45, 2.75) is 64.4 Å². The van der Waals surface area contributed by atoms with Crippen molar-refractivity contribution >= 4 is 13.3 Å². The molecule has 3 aliphatic rings.